The molecule has 0 saturated heterocycles. The van der Waals surface area contributed by atoms with Crippen molar-refractivity contribution in [2.45, 2.75) is 20.4 Å². The predicted octanol–water partition coefficient (Wildman–Crippen LogP) is 3.75. The number of aromatic nitrogens is 2. The van der Waals surface area contributed by atoms with Crippen molar-refractivity contribution in [3.8, 4) is 0 Å². The summed E-state index contributed by atoms with van der Waals surface area (Å²) >= 11 is 0. The number of anilines is 1. The summed E-state index contributed by atoms with van der Waals surface area (Å²) in [7, 11) is 0. The van der Waals surface area contributed by atoms with E-state index in [-0.39, 0.29) is 5.78 Å². The van der Waals surface area contributed by atoms with Crippen molar-refractivity contribution >= 4 is 22.4 Å². The second-order valence-corrected chi connectivity index (χ2v) is 5.20. The Morgan fingerprint density at radius 2 is 1.77 bits per heavy atom. The molecule has 0 fully saturated rings. The first-order chi connectivity index (χ1) is 10.6. The van der Waals surface area contributed by atoms with Crippen LogP contribution in [0.4, 0.5) is 5.69 Å². The minimum Gasteiger partial charge on any atom is -0.377 e. The lowest BCUT2D eigenvalue weighted by Gasteiger charge is -2.10. The number of carbonyl (C=O) groups is 1. The van der Waals surface area contributed by atoms with Gasteiger partial charge in [-0.05, 0) is 32.0 Å². The van der Waals surface area contributed by atoms with Gasteiger partial charge in [-0.2, -0.15) is 0 Å². The molecule has 0 radical (unpaired) electrons. The van der Waals surface area contributed by atoms with Crippen LogP contribution in [0, 0.1) is 6.92 Å². The van der Waals surface area contributed by atoms with Gasteiger partial charge in [0, 0.05) is 22.3 Å². The summed E-state index contributed by atoms with van der Waals surface area (Å²) in [6, 6.07) is 15.4. The van der Waals surface area contributed by atoms with Gasteiger partial charge < -0.3 is 5.32 Å². The van der Waals surface area contributed by atoms with E-state index in [4.69, 9.17) is 0 Å². The highest BCUT2D eigenvalue weighted by molar-refractivity contribution is 5.99. The van der Waals surface area contributed by atoms with Crippen LogP contribution in [-0.2, 0) is 6.54 Å². The fraction of sp³-hybridized carbons (Fsp3) is 0.167. The van der Waals surface area contributed by atoms with Crippen LogP contribution >= 0.6 is 0 Å². The van der Waals surface area contributed by atoms with Crippen LogP contribution < -0.4 is 5.32 Å². The van der Waals surface area contributed by atoms with E-state index in [0.29, 0.717) is 12.1 Å². The van der Waals surface area contributed by atoms with Gasteiger partial charge >= 0.3 is 0 Å². The Morgan fingerprint density at radius 1 is 1.05 bits per heavy atom. The Balaban J connectivity index is 1.87. The van der Waals surface area contributed by atoms with Gasteiger partial charge in [-0.15, -0.1) is 0 Å². The molecular formula is C18H17N3O. The highest BCUT2D eigenvalue weighted by Gasteiger charge is 2.08. The second kappa shape index (κ2) is 5.93. The number of nitrogens with zero attached hydrogens (tertiary/aromatic N) is 2. The average molecular weight is 291 g/mol. The summed E-state index contributed by atoms with van der Waals surface area (Å²) < 4.78 is 0. The molecule has 0 bridgehead atoms. The fourth-order valence-electron chi connectivity index (χ4n) is 2.49. The standard InChI is InChI=1S/C18H17N3O/c1-12-14-7-3-6-10-17(14)21-18(20-12)11-19-16-9-5-4-8-15(16)13(2)22/h3-10,19H,11H2,1-2H3. The number of para-hydroxylation sites is 2. The Kier molecular flexibility index (Phi) is 3.83. The number of ketones is 1. The molecule has 0 saturated carbocycles. The molecule has 22 heavy (non-hydrogen) atoms. The Morgan fingerprint density at radius 3 is 2.59 bits per heavy atom. The first-order valence-corrected chi connectivity index (χ1v) is 7.21. The van der Waals surface area contributed by atoms with Gasteiger partial charge in [0.25, 0.3) is 0 Å². The first-order valence-electron chi connectivity index (χ1n) is 7.21. The number of aryl methyl sites for hydroxylation is 1. The molecule has 1 heterocycles. The zero-order valence-corrected chi connectivity index (χ0v) is 12.6. The molecule has 0 aliphatic carbocycles. The van der Waals surface area contributed by atoms with Crippen LogP contribution in [0.3, 0.4) is 0 Å². The molecule has 0 spiro atoms. The molecule has 1 N–H and O–H groups in total. The summed E-state index contributed by atoms with van der Waals surface area (Å²) in [5.74, 6) is 0.758. The van der Waals surface area contributed by atoms with Gasteiger partial charge in [0.15, 0.2) is 5.78 Å². The van der Waals surface area contributed by atoms with Crippen LogP contribution in [0.25, 0.3) is 10.9 Å². The molecule has 4 heteroatoms. The van der Waals surface area contributed by atoms with Crippen molar-refractivity contribution in [1.29, 1.82) is 0 Å². The number of nitrogens with one attached hydrogen (secondary N) is 1. The maximum Gasteiger partial charge on any atom is 0.161 e. The predicted molar refractivity (Wildman–Crippen MR) is 88.0 cm³/mol. The maximum absolute atomic E-state index is 11.6. The highest BCUT2D eigenvalue weighted by atomic mass is 16.1. The normalized spacial score (nSPS) is 10.6. The van der Waals surface area contributed by atoms with Gasteiger partial charge in [0.05, 0.1) is 12.1 Å². The molecular weight excluding hydrogens is 274 g/mol. The van der Waals surface area contributed by atoms with Gasteiger partial charge in [0.2, 0.25) is 0 Å². The molecule has 4 nitrogen and oxygen atoms in total. The zero-order valence-electron chi connectivity index (χ0n) is 12.6. The van der Waals surface area contributed by atoms with Crippen molar-refractivity contribution in [2.75, 3.05) is 5.32 Å². The van der Waals surface area contributed by atoms with Crippen molar-refractivity contribution in [3.63, 3.8) is 0 Å². The topological polar surface area (TPSA) is 54.9 Å². The van der Waals surface area contributed by atoms with Gasteiger partial charge in [-0.1, -0.05) is 30.3 Å². The number of hydrogen-bond donors (Lipinski definition) is 1. The minimum atomic E-state index is 0.0405. The largest absolute Gasteiger partial charge is 0.377 e. The SMILES string of the molecule is CC(=O)c1ccccc1NCc1nc(C)c2ccccc2n1. The number of rotatable bonds is 4. The van der Waals surface area contributed by atoms with E-state index >= 15 is 0 Å². The summed E-state index contributed by atoms with van der Waals surface area (Å²) in [5, 5.41) is 4.32. The Bertz CT molecular complexity index is 843. The molecule has 0 aliphatic rings. The van der Waals surface area contributed by atoms with E-state index in [9.17, 15) is 4.79 Å². The smallest absolute Gasteiger partial charge is 0.161 e. The van der Waals surface area contributed by atoms with Gasteiger partial charge in [-0.25, -0.2) is 9.97 Å². The lowest BCUT2D eigenvalue weighted by Crippen LogP contribution is -2.08. The molecule has 0 atom stereocenters. The van der Waals surface area contributed by atoms with E-state index in [2.05, 4.69) is 15.3 Å². The minimum absolute atomic E-state index is 0.0405. The molecule has 1 aromatic heterocycles. The van der Waals surface area contributed by atoms with Crippen LogP contribution in [-0.4, -0.2) is 15.8 Å². The Labute approximate surface area is 129 Å². The van der Waals surface area contributed by atoms with Crippen LogP contribution in [0.5, 0.6) is 0 Å². The monoisotopic (exact) mass is 291 g/mol. The molecule has 110 valence electrons. The quantitative estimate of drug-likeness (QED) is 0.744. The molecule has 3 rings (SSSR count). The van der Waals surface area contributed by atoms with E-state index in [1.165, 1.54) is 0 Å². The molecule has 2 aromatic carbocycles. The van der Waals surface area contributed by atoms with E-state index in [1.54, 1.807) is 6.92 Å². The summed E-state index contributed by atoms with van der Waals surface area (Å²) in [4.78, 5) is 20.7. The fourth-order valence-corrected chi connectivity index (χ4v) is 2.49. The maximum atomic E-state index is 11.6. The number of fused-ring (bicyclic) bond motifs is 1. The summed E-state index contributed by atoms with van der Waals surface area (Å²) in [6.07, 6.45) is 0. The third-order valence-corrected chi connectivity index (χ3v) is 3.58. The number of benzene rings is 2. The zero-order chi connectivity index (χ0) is 15.5. The van der Waals surface area contributed by atoms with Crippen molar-refractivity contribution < 1.29 is 4.79 Å². The molecule has 0 amide bonds. The number of carbonyl (C=O) groups excluding carboxylic acids is 1. The van der Waals surface area contributed by atoms with Crippen LogP contribution in [0.15, 0.2) is 48.5 Å². The van der Waals surface area contributed by atoms with Gasteiger partial charge in [0.1, 0.15) is 5.82 Å². The third kappa shape index (κ3) is 2.81. The summed E-state index contributed by atoms with van der Waals surface area (Å²) in [6.45, 7) is 4.03. The molecule has 0 aliphatic heterocycles. The third-order valence-electron chi connectivity index (χ3n) is 3.58. The van der Waals surface area contributed by atoms with Crippen molar-refractivity contribution in [2.24, 2.45) is 0 Å². The van der Waals surface area contributed by atoms with Crippen LogP contribution in [0.1, 0.15) is 28.8 Å². The molecule has 0 unspecified atom stereocenters. The number of hydrogen-bond acceptors (Lipinski definition) is 4. The first kappa shape index (κ1) is 14.2. The van der Waals surface area contributed by atoms with Gasteiger partial charge in [-0.3, -0.25) is 4.79 Å². The molecule has 3 aromatic rings. The lowest BCUT2D eigenvalue weighted by atomic mass is 10.1. The van der Waals surface area contributed by atoms with E-state index < -0.39 is 0 Å². The second-order valence-electron chi connectivity index (χ2n) is 5.20. The van der Waals surface area contributed by atoms with E-state index in [0.717, 1.165) is 28.1 Å². The lowest BCUT2D eigenvalue weighted by molar-refractivity contribution is 0.101. The van der Waals surface area contributed by atoms with Crippen molar-refractivity contribution in [1.82, 2.24) is 9.97 Å². The summed E-state index contributed by atoms with van der Waals surface area (Å²) in [5.41, 5.74) is 3.39. The van der Waals surface area contributed by atoms with Crippen molar-refractivity contribution in [3.05, 3.63) is 65.6 Å². The average Bonchev–Trinajstić information content (AvgIpc) is 2.53. The highest BCUT2D eigenvalue weighted by Crippen LogP contribution is 2.18. The Hall–Kier alpha value is -2.75. The van der Waals surface area contributed by atoms with E-state index in [1.807, 2.05) is 55.5 Å². The van der Waals surface area contributed by atoms with Crippen LogP contribution in [0.2, 0.25) is 0 Å². The number of Topliss-reactive ketones (excluding diaryl/α,β-unsaturated/α-hetero) is 1.